The molecule has 1 heterocycles. The molecule has 1 saturated heterocycles. The first-order valence-electron chi connectivity index (χ1n) is 19.2. The van der Waals surface area contributed by atoms with Crippen LogP contribution in [0, 0.1) is 62.1 Å². The maximum atomic E-state index is 13.8. The van der Waals surface area contributed by atoms with Crippen LogP contribution in [0.3, 0.4) is 0 Å². The van der Waals surface area contributed by atoms with Crippen LogP contribution in [0.4, 0.5) is 0 Å². The van der Waals surface area contributed by atoms with Crippen LogP contribution in [0.2, 0.25) is 0 Å². The predicted octanol–water partition coefficient (Wildman–Crippen LogP) is 9.07. The van der Waals surface area contributed by atoms with Gasteiger partial charge in [-0.15, -0.1) is 0 Å². The summed E-state index contributed by atoms with van der Waals surface area (Å²) in [7, 11) is 0. The van der Waals surface area contributed by atoms with Gasteiger partial charge in [0, 0.05) is 24.9 Å². The normalized spacial score (nSPS) is 44.0. The molecule has 6 aliphatic rings. The Balaban J connectivity index is 1.25. The Morgan fingerprint density at radius 3 is 2.17 bits per heavy atom. The summed E-state index contributed by atoms with van der Waals surface area (Å²) in [5.41, 5.74) is 0.756. The van der Waals surface area contributed by atoms with Crippen LogP contribution in [0.25, 0.3) is 0 Å². The first kappa shape index (κ1) is 35.0. The Labute approximate surface area is 285 Å². The highest BCUT2D eigenvalue weighted by atomic mass is 16.5. The van der Waals surface area contributed by atoms with Crippen molar-refractivity contribution >= 4 is 17.8 Å². The second-order valence-electron chi connectivity index (χ2n) is 19.5. The fraction of sp³-hybridized carbons (Fsp3) is 0.878. The fourth-order valence-corrected chi connectivity index (χ4v) is 13.8. The number of rotatable bonds is 7. The molecule has 5 saturated carbocycles. The van der Waals surface area contributed by atoms with Gasteiger partial charge in [0.05, 0.1) is 11.8 Å². The molecule has 6 rings (SSSR count). The van der Waals surface area contributed by atoms with Gasteiger partial charge in [-0.1, -0.05) is 46.8 Å². The Bertz CT molecular complexity index is 1300. The number of hydrogen-bond donors (Lipinski definition) is 1. The fourth-order valence-electron chi connectivity index (χ4n) is 13.8. The molecule has 1 amide bonds. The third-order valence-corrected chi connectivity index (χ3v) is 16.6. The first-order chi connectivity index (χ1) is 21.8. The van der Waals surface area contributed by atoms with E-state index >= 15 is 0 Å². The Morgan fingerprint density at radius 2 is 1.53 bits per heavy atom. The van der Waals surface area contributed by atoms with Crippen LogP contribution < -0.4 is 0 Å². The van der Waals surface area contributed by atoms with Crippen LogP contribution in [-0.2, 0) is 19.1 Å². The second-order valence-corrected chi connectivity index (χ2v) is 19.5. The largest absolute Gasteiger partial charge is 0.481 e. The van der Waals surface area contributed by atoms with E-state index in [1.807, 2.05) is 0 Å². The van der Waals surface area contributed by atoms with E-state index in [4.69, 9.17) is 4.74 Å². The number of allylic oxidation sites excluding steroid dienone is 1. The van der Waals surface area contributed by atoms with Crippen molar-refractivity contribution in [2.75, 3.05) is 13.1 Å². The zero-order valence-corrected chi connectivity index (χ0v) is 31.0. The third kappa shape index (κ3) is 5.26. The number of likely N-dealkylation sites (tertiary alicyclic amines) is 1. The minimum atomic E-state index is -1.13. The smallest absolute Gasteiger partial charge is 0.309 e. The molecule has 0 aromatic carbocycles. The summed E-state index contributed by atoms with van der Waals surface area (Å²) in [6.45, 7) is 24.4. The second kappa shape index (κ2) is 11.6. The summed E-state index contributed by atoms with van der Waals surface area (Å²) in [4.78, 5) is 40.7. The Hall–Kier alpha value is -1.85. The molecule has 6 fully saturated rings. The highest BCUT2D eigenvalue weighted by Gasteiger charge is 2.71. The average Bonchev–Trinajstić information content (AvgIpc) is 3.64. The molecule has 264 valence electrons. The lowest BCUT2D eigenvalue weighted by atomic mass is 9.32. The summed E-state index contributed by atoms with van der Waals surface area (Å²) < 4.78 is 6.17. The SMILES string of the molecule is C=C(C)C1CC[C@]2(CC(=O)N3CCCC3)CC[C@]3(C)[C@H](CC[C@@H]4[C@@]5(C)CC[C@H](OC(=O)CC(C)(C)C(=O)O)C(C)(C)[C@@H]5CC[C@]43C)[C@@H]12. The number of amides is 1. The average molecular weight is 652 g/mol. The van der Waals surface area contributed by atoms with Crippen molar-refractivity contribution in [1.29, 1.82) is 0 Å². The van der Waals surface area contributed by atoms with Crippen molar-refractivity contribution in [2.45, 2.75) is 151 Å². The maximum Gasteiger partial charge on any atom is 0.309 e. The van der Waals surface area contributed by atoms with Crippen LogP contribution >= 0.6 is 0 Å². The van der Waals surface area contributed by atoms with Gasteiger partial charge in [-0.25, -0.2) is 0 Å². The van der Waals surface area contributed by atoms with E-state index in [1.54, 1.807) is 13.8 Å². The van der Waals surface area contributed by atoms with Gasteiger partial charge < -0.3 is 14.7 Å². The third-order valence-electron chi connectivity index (χ3n) is 16.6. The number of carbonyl (C=O) groups is 3. The molecule has 6 nitrogen and oxygen atoms in total. The molecular formula is C41H65NO5. The predicted molar refractivity (Wildman–Crippen MR) is 185 cm³/mol. The van der Waals surface area contributed by atoms with Gasteiger partial charge in [-0.2, -0.15) is 0 Å². The molecule has 10 atom stereocenters. The summed E-state index contributed by atoms with van der Waals surface area (Å²) in [5, 5.41) is 9.58. The lowest BCUT2D eigenvalue weighted by Gasteiger charge is -2.73. The van der Waals surface area contributed by atoms with E-state index in [9.17, 15) is 19.5 Å². The number of aliphatic carboxylic acids is 1. The van der Waals surface area contributed by atoms with Gasteiger partial charge in [0.1, 0.15) is 6.10 Å². The van der Waals surface area contributed by atoms with Gasteiger partial charge >= 0.3 is 11.9 Å². The van der Waals surface area contributed by atoms with E-state index in [1.165, 1.54) is 50.5 Å². The van der Waals surface area contributed by atoms with E-state index in [0.29, 0.717) is 35.5 Å². The van der Waals surface area contributed by atoms with E-state index in [-0.39, 0.29) is 45.6 Å². The monoisotopic (exact) mass is 651 g/mol. The molecule has 6 heteroatoms. The quantitative estimate of drug-likeness (QED) is 0.219. The molecule has 0 radical (unpaired) electrons. The molecule has 0 spiro atoms. The molecular weight excluding hydrogens is 586 g/mol. The van der Waals surface area contributed by atoms with E-state index in [0.717, 1.165) is 51.6 Å². The number of hydrogen-bond acceptors (Lipinski definition) is 4. The highest BCUT2D eigenvalue weighted by molar-refractivity contribution is 5.81. The zero-order chi connectivity index (χ0) is 34.4. The molecule has 1 N–H and O–H groups in total. The van der Waals surface area contributed by atoms with Gasteiger partial charge in [0.2, 0.25) is 5.91 Å². The first-order valence-corrected chi connectivity index (χ1v) is 19.2. The van der Waals surface area contributed by atoms with Crippen LogP contribution in [0.1, 0.15) is 145 Å². The molecule has 0 bridgehead atoms. The number of carboxylic acids is 1. The summed E-state index contributed by atoms with van der Waals surface area (Å²) in [6, 6.07) is 0. The van der Waals surface area contributed by atoms with Gasteiger partial charge in [-0.3, -0.25) is 14.4 Å². The maximum absolute atomic E-state index is 13.8. The lowest BCUT2D eigenvalue weighted by molar-refractivity contribution is -0.250. The van der Waals surface area contributed by atoms with Crippen molar-refractivity contribution in [3.05, 3.63) is 12.2 Å². The minimum Gasteiger partial charge on any atom is -0.481 e. The summed E-state index contributed by atoms with van der Waals surface area (Å²) in [5.74, 6) is 1.82. The molecule has 0 aromatic rings. The van der Waals surface area contributed by atoms with Crippen molar-refractivity contribution in [3.63, 3.8) is 0 Å². The van der Waals surface area contributed by atoms with Gasteiger partial charge in [0.25, 0.3) is 0 Å². The van der Waals surface area contributed by atoms with E-state index < -0.39 is 11.4 Å². The highest BCUT2D eigenvalue weighted by Crippen LogP contribution is 2.78. The summed E-state index contributed by atoms with van der Waals surface area (Å²) in [6.07, 6.45) is 14.2. The topological polar surface area (TPSA) is 83.9 Å². The number of ether oxygens (including phenoxy) is 1. The summed E-state index contributed by atoms with van der Waals surface area (Å²) >= 11 is 0. The molecule has 5 aliphatic carbocycles. The lowest BCUT2D eigenvalue weighted by Crippen LogP contribution is -2.67. The van der Waals surface area contributed by atoms with Crippen LogP contribution in [0.5, 0.6) is 0 Å². The molecule has 0 aromatic heterocycles. The van der Waals surface area contributed by atoms with Crippen molar-refractivity contribution < 1.29 is 24.2 Å². The van der Waals surface area contributed by atoms with Gasteiger partial charge in [0.15, 0.2) is 0 Å². The van der Waals surface area contributed by atoms with E-state index in [2.05, 4.69) is 53.0 Å². The van der Waals surface area contributed by atoms with Crippen molar-refractivity contribution in [1.82, 2.24) is 4.90 Å². The van der Waals surface area contributed by atoms with Crippen LogP contribution in [-0.4, -0.2) is 47.0 Å². The molecule has 47 heavy (non-hydrogen) atoms. The number of carboxylic acid groups (broad SMARTS) is 1. The Kier molecular flexibility index (Phi) is 8.64. The number of carbonyl (C=O) groups excluding carboxylic acids is 2. The van der Waals surface area contributed by atoms with Crippen molar-refractivity contribution in [2.24, 2.45) is 62.1 Å². The Morgan fingerprint density at radius 1 is 0.851 bits per heavy atom. The number of esters is 1. The standard InChI is InChI=1S/C41H65NO5/c1-26(2)27-14-19-41(24-32(43)42-22-10-11-23-42)21-20-39(8)28(34(27)41)12-13-30-38(7)17-16-31(47-33(44)25-36(3,4)35(45)46)37(5,6)29(38)15-18-40(30,39)9/h27-31,34H,1,10-25H2,2-9H3,(H,45,46)/t27?,28-,29+,30-,31+,34-,38+,39-,40-,41-/m1/s1. The number of fused-ring (bicyclic) bond motifs is 7. The molecule has 1 unspecified atom stereocenters. The van der Waals surface area contributed by atoms with Crippen LogP contribution in [0.15, 0.2) is 12.2 Å². The van der Waals surface area contributed by atoms with Crippen molar-refractivity contribution in [3.8, 4) is 0 Å². The zero-order valence-electron chi connectivity index (χ0n) is 31.0. The van der Waals surface area contributed by atoms with Gasteiger partial charge in [-0.05, 0) is 149 Å². The number of nitrogens with zero attached hydrogens (tertiary/aromatic N) is 1. The molecule has 1 aliphatic heterocycles. The minimum absolute atomic E-state index is 0.102.